The van der Waals surface area contributed by atoms with E-state index in [4.69, 9.17) is 0 Å². The van der Waals surface area contributed by atoms with Gasteiger partial charge in [-0.25, -0.2) is 0 Å². The van der Waals surface area contributed by atoms with Gasteiger partial charge in [0.05, 0.1) is 0 Å². The van der Waals surface area contributed by atoms with Gasteiger partial charge in [0.1, 0.15) is 0 Å². The summed E-state index contributed by atoms with van der Waals surface area (Å²) in [6, 6.07) is 29.6. The van der Waals surface area contributed by atoms with Gasteiger partial charge in [0.25, 0.3) is 0 Å². The van der Waals surface area contributed by atoms with E-state index < -0.39 is 0 Å². The Labute approximate surface area is 210 Å². The summed E-state index contributed by atoms with van der Waals surface area (Å²) in [5, 5.41) is 0. The minimum absolute atomic E-state index is 1.25. The first-order valence-corrected chi connectivity index (χ1v) is 13.6. The molecule has 0 saturated carbocycles. The van der Waals surface area contributed by atoms with E-state index in [-0.39, 0.29) is 0 Å². The van der Waals surface area contributed by atoms with Crippen molar-refractivity contribution >= 4 is 0 Å². The summed E-state index contributed by atoms with van der Waals surface area (Å²) in [5.41, 5.74) is 5.04. The molecule has 0 spiro atoms. The molecule has 0 nitrogen and oxygen atoms in total. The zero-order valence-corrected chi connectivity index (χ0v) is 24.8. The largest absolute Gasteiger partial charge is 0.0683 e. The fourth-order valence-electron chi connectivity index (χ4n) is 2.12. The number of hydrogen-bond acceptors (Lipinski definition) is 0. The van der Waals surface area contributed by atoms with Gasteiger partial charge in [-0.3, -0.25) is 0 Å². The topological polar surface area (TPSA) is 0 Å². The van der Waals surface area contributed by atoms with Crippen molar-refractivity contribution in [1.82, 2.24) is 0 Å². The molecule has 0 aromatic heterocycles. The Morgan fingerprint density at radius 1 is 0.303 bits per heavy atom. The normalized spacial score (nSPS) is 7.21. The van der Waals surface area contributed by atoms with Crippen LogP contribution in [-0.4, -0.2) is 0 Å². The summed E-state index contributed by atoms with van der Waals surface area (Å²) in [7, 11) is 0. The minimum atomic E-state index is 1.25. The first-order chi connectivity index (χ1) is 16.3. The molecule has 0 saturated heterocycles. The van der Waals surface area contributed by atoms with Crippen molar-refractivity contribution in [2.24, 2.45) is 0 Å². The van der Waals surface area contributed by atoms with Crippen molar-refractivity contribution in [2.45, 2.75) is 103 Å². The fraction of sp³-hybridized carbons (Fsp3) is 0.455. The predicted molar refractivity (Wildman–Crippen MR) is 161 cm³/mol. The van der Waals surface area contributed by atoms with Gasteiger partial charge < -0.3 is 0 Å². The van der Waals surface area contributed by atoms with Crippen LogP contribution < -0.4 is 0 Å². The van der Waals surface area contributed by atoms with Crippen LogP contribution in [0.15, 0.2) is 84.9 Å². The molecule has 0 N–H and O–H groups in total. The van der Waals surface area contributed by atoms with E-state index in [1.165, 1.54) is 28.7 Å². The van der Waals surface area contributed by atoms with E-state index in [2.05, 4.69) is 86.6 Å². The highest BCUT2D eigenvalue weighted by Crippen LogP contribution is 2.24. The van der Waals surface area contributed by atoms with Crippen LogP contribution in [-0.2, 0) is 0 Å². The van der Waals surface area contributed by atoms with Crippen molar-refractivity contribution in [3.8, 4) is 22.3 Å². The van der Waals surface area contributed by atoms with Gasteiger partial charge in [0.15, 0.2) is 0 Å². The van der Waals surface area contributed by atoms with Crippen LogP contribution in [0.5, 0.6) is 0 Å². The smallest absolute Gasteiger partial charge is 0.0184 e. The van der Waals surface area contributed by atoms with Crippen molar-refractivity contribution in [2.75, 3.05) is 0 Å². The third-order valence-corrected chi connectivity index (χ3v) is 3.10. The highest BCUT2D eigenvalue weighted by atomic mass is 14.0. The maximum atomic E-state index is 2.18. The Kier molecular flexibility index (Phi) is 49.7. The molecule has 0 amide bonds. The summed E-state index contributed by atoms with van der Waals surface area (Å²) in [4.78, 5) is 0. The average Bonchev–Trinajstić information content (AvgIpc) is 2.97. The summed E-state index contributed by atoms with van der Waals surface area (Å²) in [5.74, 6) is 0. The summed E-state index contributed by atoms with van der Waals surface area (Å²) >= 11 is 0. The third kappa shape index (κ3) is 22.6. The summed E-state index contributed by atoms with van der Waals surface area (Å²) < 4.78 is 0. The summed E-state index contributed by atoms with van der Waals surface area (Å²) in [6.45, 7) is 28.2. The molecular weight excluding hydrogens is 396 g/mol. The predicted octanol–water partition coefficient (Wildman–Crippen LogP) is 12.6. The Morgan fingerprint density at radius 3 is 0.636 bits per heavy atom. The van der Waals surface area contributed by atoms with Crippen LogP contribution in [0.1, 0.15) is 103 Å². The average molecular weight is 455 g/mol. The molecule has 0 bridgehead atoms. The van der Waals surface area contributed by atoms with Crippen molar-refractivity contribution < 1.29 is 0 Å². The van der Waals surface area contributed by atoms with Crippen LogP contribution in [0, 0.1) is 0 Å². The SMILES string of the molecule is CC.CC.CC.CC.CC.CC.CCC.c1ccc(-c2ccc(-c3ccccc3)cc2)cc1. The fourth-order valence-corrected chi connectivity index (χ4v) is 2.12. The van der Waals surface area contributed by atoms with E-state index in [0.717, 1.165) is 0 Å². The molecule has 0 aliphatic rings. The number of rotatable bonds is 2. The molecule has 0 radical (unpaired) electrons. The Hall–Kier alpha value is -2.34. The molecule has 0 atom stereocenters. The minimum Gasteiger partial charge on any atom is -0.0683 e. The zero-order chi connectivity index (χ0) is 26.9. The third-order valence-electron chi connectivity index (χ3n) is 3.10. The highest BCUT2D eigenvalue weighted by molar-refractivity contribution is 5.70. The molecule has 0 unspecified atom stereocenters. The molecule has 190 valence electrons. The van der Waals surface area contributed by atoms with Gasteiger partial charge in [0, 0.05) is 0 Å². The van der Waals surface area contributed by atoms with Gasteiger partial charge in [-0.1, -0.05) is 188 Å². The maximum absolute atomic E-state index is 2.18. The first-order valence-electron chi connectivity index (χ1n) is 13.6. The Morgan fingerprint density at radius 2 is 0.455 bits per heavy atom. The summed E-state index contributed by atoms with van der Waals surface area (Å²) in [6.07, 6.45) is 1.25. The van der Waals surface area contributed by atoms with E-state index >= 15 is 0 Å². The maximum Gasteiger partial charge on any atom is -0.0184 e. The zero-order valence-electron chi connectivity index (χ0n) is 24.8. The van der Waals surface area contributed by atoms with Crippen LogP contribution in [0.3, 0.4) is 0 Å². The lowest BCUT2D eigenvalue weighted by Crippen LogP contribution is -1.79. The van der Waals surface area contributed by atoms with Crippen molar-refractivity contribution in [3.63, 3.8) is 0 Å². The second-order valence-corrected chi connectivity index (χ2v) is 5.02. The lowest BCUT2D eigenvalue weighted by molar-refractivity contribution is 1.09. The number of hydrogen-bond donors (Lipinski definition) is 0. The van der Waals surface area contributed by atoms with Crippen LogP contribution >= 0.6 is 0 Å². The van der Waals surface area contributed by atoms with E-state index in [0.29, 0.717) is 0 Å². The lowest BCUT2D eigenvalue weighted by atomic mass is 10.0. The Bertz CT molecular complexity index is 563. The molecule has 0 fully saturated rings. The quantitative estimate of drug-likeness (QED) is 0.361. The molecule has 0 heteroatoms. The lowest BCUT2D eigenvalue weighted by Gasteiger charge is -2.04. The monoisotopic (exact) mass is 454 g/mol. The molecule has 3 rings (SSSR count). The van der Waals surface area contributed by atoms with Gasteiger partial charge in [0.2, 0.25) is 0 Å². The molecule has 33 heavy (non-hydrogen) atoms. The van der Waals surface area contributed by atoms with Crippen molar-refractivity contribution in [3.05, 3.63) is 84.9 Å². The van der Waals surface area contributed by atoms with E-state index in [1.807, 2.05) is 95.2 Å². The van der Waals surface area contributed by atoms with Gasteiger partial charge in [-0.15, -0.1) is 0 Å². The number of benzene rings is 3. The van der Waals surface area contributed by atoms with Gasteiger partial charge in [-0.2, -0.15) is 0 Å². The molecular formula is C33H58. The van der Waals surface area contributed by atoms with Gasteiger partial charge in [-0.05, 0) is 22.3 Å². The van der Waals surface area contributed by atoms with Crippen LogP contribution in [0.2, 0.25) is 0 Å². The molecule has 0 aliphatic carbocycles. The van der Waals surface area contributed by atoms with Crippen LogP contribution in [0.25, 0.3) is 22.3 Å². The standard InChI is InChI=1S/C18H14.C3H8.6C2H6/c1-3-7-15(8-4-1)17-11-13-18(14-12-17)16-9-5-2-6-10-16;1-3-2;6*1-2/h1-14H;3H2,1-2H3;6*1-2H3. The Balaban J connectivity index is -0.000000149. The molecule has 3 aromatic rings. The van der Waals surface area contributed by atoms with Crippen LogP contribution in [0.4, 0.5) is 0 Å². The molecule has 3 aromatic carbocycles. The molecule has 0 aliphatic heterocycles. The second kappa shape index (κ2) is 40.1. The van der Waals surface area contributed by atoms with E-state index in [9.17, 15) is 0 Å². The second-order valence-electron chi connectivity index (χ2n) is 5.02. The first kappa shape index (κ1) is 41.0. The molecule has 0 heterocycles. The van der Waals surface area contributed by atoms with Crippen molar-refractivity contribution in [1.29, 1.82) is 0 Å². The van der Waals surface area contributed by atoms with Gasteiger partial charge >= 0.3 is 0 Å². The highest BCUT2D eigenvalue weighted by Gasteiger charge is 1.98. The van der Waals surface area contributed by atoms with E-state index in [1.54, 1.807) is 0 Å².